The average Bonchev–Trinajstić information content (AvgIpc) is 2.73. The van der Waals surface area contributed by atoms with E-state index in [0.717, 1.165) is 11.3 Å². The van der Waals surface area contributed by atoms with Crippen molar-refractivity contribution < 1.29 is 9.53 Å². The lowest BCUT2D eigenvalue weighted by molar-refractivity contribution is 0.0493. The van der Waals surface area contributed by atoms with Gasteiger partial charge >= 0.3 is 6.03 Å². The van der Waals surface area contributed by atoms with Crippen molar-refractivity contribution in [3.63, 3.8) is 0 Å². The Kier molecular flexibility index (Phi) is 6.63. The lowest BCUT2D eigenvalue weighted by Crippen LogP contribution is -2.57. The summed E-state index contributed by atoms with van der Waals surface area (Å²) in [5.41, 5.74) is 3.03. The van der Waals surface area contributed by atoms with E-state index in [2.05, 4.69) is 34.6 Å². The fraction of sp³-hybridized carbons (Fsp3) is 0.217. The van der Waals surface area contributed by atoms with Crippen LogP contribution in [0.1, 0.15) is 13.8 Å². The topological polar surface area (TPSA) is 54.5 Å². The van der Waals surface area contributed by atoms with E-state index < -0.39 is 0 Å². The van der Waals surface area contributed by atoms with E-state index >= 15 is 0 Å². The number of pyridine rings is 1. The molecular weight excluding hydrogens is 350 g/mol. The van der Waals surface area contributed by atoms with Crippen LogP contribution in [-0.4, -0.2) is 35.1 Å². The second kappa shape index (κ2) is 9.55. The van der Waals surface area contributed by atoms with Crippen molar-refractivity contribution >= 4 is 11.7 Å². The highest BCUT2D eigenvalue weighted by molar-refractivity contribution is 5.89. The first-order chi connectivity index (χ1) is 13.8. The molecule has 0 saturated carbocycles. The number of anilines is 1. The van der Waals surface area contributed by atoms with Crippen LogP contribution in [0.15, 0.2) is 79.1 Å². The lowest BCUT2D eigenvalue weighted by Gasteiger charge is -2.38. The summed E-state index contributed by atoms with van der Waals surface area (Å²) in [7, 11) is 0. The molecule has 1 N–H and O–H groups in total. The molecule has 0 atom stereocenters. The van der Waals surface area contributed by atoms with Crippen molar-refractivity contribution in [2.45, 2.75) is 20.0 Å². The Hall–Kier alpha value is -3.34. The lowest BCUT2D eigenvalue weighted by atomic mass is 10.1. The van der Waals surface area contributed by atoms with Gasteiger partial charge in [0, 0.05) is 6.20 Å². The Bertz CT molecular complexity index is 861. The summed E-state index contributed by atoms with van der Waals surface area (Å²) in [5.74, 6) is 0.821. The number of hydrogen-bond acceptors (Lipinski definition) is 3. The minimum Gasteiger partial charge on any atom is -0.487 e. The molecule has 1 aliphatic rings. The molecule has 1 aromatic heterocycles. The van der Waals surface area contributed by atoms with Crippen LogP contribution < -0.4 is 10.1 Å². The molecule has 1 fully saturated rings. The van der Waals surface area contributed by atoms with Crippen LogP contribution in [0.25, 0.3) is 11.1 Å². The van der Waals surface area contributed by atoms with Gasteiger partial charge in [0.2, 0.25) is 0 Å². The number of amides is 2. The first-order valence-electron chi connectivity index (χ1n) is 9.56. The highest BCUT2D eigenvalue weighted by atomic mass is 16.5. The SMILES string of the molecule is CC.O=C(Nc1cccnc1)N1CC(Oc2ccc(-c3ccccc3)cc2)C1. The second-order valence-electron chi connectivity index (χ2n) is 6.21. The van der Waals surface area contributed by atoms with E-state index in [1.807, 2.05) is 50.2 Å². The van der Waals surface area contributed by atoms with Gasteiger partial charge in [-0.1, -0.05) is 56.3 Å². The summed E-state index contributed by atoms with van der Waals surface area (Å²) < 4.78 is 5.94. The normalized spacial score (nSPS) is 13.0. The van der Waals surface area contributed by atoms with Crippen molar-refractivity contribution in [3.8, 4) is 16.9 Å². The highest BCUT2D eigenvalue weighted by Crippen LogP contribution is 2.24. The van der Waals surface area contributed by atoms with Gasteiger partial charge in [0.15, 0.2) is 0 Å². The Morgan fingerprint density at radius 3 is 2.29 bits per heavy atom. The molecule has 0 spiro atoms. The van der Waals surface area contributed by atoms with Gasteiger partial charge in [-0.15, -0.1) is 0 Å². The Morgan fingerprint density at radius 1 is 0.964 bits per heavy atom. The van der Waals surface area contributed by atoms with Gasteiger partial charge in [-0.25, -0.2) is 4.79 Å². The number of likely N-dealkylation sites (tertiary alicyclic amines) is 1. The summed E-state index contributed by atoms with van der Waals surface area (Å²) >= 11 is 0. The van der Waals surface area contributed by atoms with Crippen molar-refractivity contribution in [1.29, 1.82) is 0 Å². The highest BCUT2D eigenvalue weighted by Gasteiger charge is 2.32. The molecule has 0 unspecified atom stereocenters. The Morgan fingerprint density at radius 2 is 1.64 bits per heavy atom. The smallest absolute Gasteiger partial charge is 0.322 e. The number of ether oxygens (including phenoxy) is 1. The zero-order valence-corrected chi connectivity index (χ0v) is 16.2. The molecule has 2 aromatic carbocycles. The molecule has 4 rings (SSSR count). The van der Waals surface area contributed by atoms with Crippen molar-refractivity contribution in [1.82, 2.24) is 9.88 Å². The predicted octanol–water partition coefficient (Wildman–Crippen LogP) is 5.07. The van der Waals surface area contributed by atoms with Crippen LogP contribution in [0.3, 0.4) is 0 Å². The molecule has 0 aliphatic carbocycles. The van der Waals surface area contributed by atoms with E-state index in [9.17, 15) is 4.79 Å². The summed E-state index contributed by atoms with van der Waals surface area (Å²) in [5, 5.41) is 2.82. The van der Waals surface area contributed by atoms with E-state index in [4.69, 9.17) is 4.74 Å². The number of hydrogen-bond donors (Lipinski definition) is 1. The van der Waals surface area contributed by atoms with Crippen LogP contribution in [0.4, 0.5) is 10.5 Å². The third kappa shape index (κ3) is 4.88. The van der Waals surface area contributed by atoms with Gasteiger partial charge in [-0.05, 0) is 35.4 Å². The van der Waals surface area contributed by atoms with E-state index in [-0.39, 0.29) is 12.1 Å². The minimum absolute atomic E-state index is 0.0252. The maximum atomic E-state index is 12.1. The number of rotatable bonds is 4. The molecule has 2 heterocycles. The number of benzene rings is 2. The average molecular weight is 375 g/mol. The second-order valence-corrected chi connectivity index (χ2v) is 6.21. The van der Waals surface area contributed by atoms with Crippen LogP contribution in [0, 0.1) is 0 Å². The number of nitrogens with zero attached hydrogens (tertiary/aromatic N) is 2. The van der Waals surface area contributed by atoms with Gasteiger partial charge in [-0.3, -0.25) is 4.98 Å². The minimum atomic E-state index is -0.128. The molecule has 0 radical (unpaired) electrons. The molecule has 5 nitrogen and oxygen atoms in total. The molecule has 5 heteroatoms. The predicted molar refractivity (Wildman–Crippen MR) is 112 cm³/mol. The zero-order chi connectivity index (χ0) is 19.8. The van der Waals surface area contributed by atoms with Crippen molar-refractivity contribution in [2.75, 3.05) is 18.4 Å². The van der Waals surface area contributed by atoms with Crippen LogP contribution in [0.2, 0.25) is 0 Å². The third-order valence-corrected chi connectivity index (χ3v) is 4.31. The fourth-order valence-electron chi connectivity index (χ4n) is 2.87. The van der Waals surface area contributed by atoms with Crippen LogP contribution >= 0.6 is 0 Å². The number of urea groups is 1. The molecule has 28 heavy (non-hydrogen) atoms. The van der Waals surface area contributed by atoms with Crippen molar-refractivity contribution in [3.05, 3.63) is 79.1 Å². The molecule has 3 aromatic rings. The quantitative estimate of drug-likeness (QED) is 0.693. The third-order valence-electron chi connectivity index (χ3n) is 4.31. The molecule has 1 saturated heterocycles. The molecule has 2 amide bonds. The van der Waals surface area contributed by atoms with E-state index in [1.165, 1.54) is 5.56 Å². The summed E-state index contributed by atoms with van der Waals surface area (Å²) in [4.78, 5) is 17.8. The number of aromatic nitrogens is 1. The molecule has 0 bridgehead atoms. The largest absolute Gasteiger partial charge is 0.487 e. The van der Waals surface area contributed by atoms with Gasteiger partial charge < -0.3 is 15.0 Å². The van der Waals surface area contributed by atoms with Crippen molar-refractivity contribution in [2.24, 2.45) is 0 Å². The fourth-order valence-corrected chi connectivity index (χ4v) is 2.87. The van der Waals surface area contributed by atoms with Gasteiger partial charge in [0.05, 0.1) is 25.0 Å². The van der Waals surface area contributed by atoms with Crippen LogP contribution in [0.5, 0.6) is 5.75 Å². The van der Waals surface area contributed by atoms with Crippen LogP contribution in [-0.2, 0) is 0 Å². The molecule has 144 valence electrons. The first-order valence-corrected chi connectivity index (χ1v) is 9.56. The summed E-state index contributed by atoms with van der Waals surface area (Å²) in [6, 6.07) is 21.8. The van der Waals surface area contributed by atoms with Gasteiger partial charge in [0.1, 0.15) is 11.9 Å². The maximum absolute atomic E-state index is 12.1. The zero-order valence-electron chi connectivity index (χ0n) is 16.2. The monoisotopic (exact) mass is 375 g/mol. The Labute approximate surface area is 166 Å². The standard InChI is InChI=1S/C21H19N3O2.C2H6/c25-21(23-18-7-4-12-22-13-18)24-14-20(15-24)26-19-10-8-17(9-11-19)16-5-2-1-3-6-16;1-2/h1-13,20H,14-15H2,(H,23,25);1-2H3. The van der Waals surface area contributed by atoms with E-state index in [0.29, 0.717) is 18.8 Å². The van der Waals surface area contributed by atoms with Gasteiger partial charge in [0.25, 0.3) is 0 Å². The van der Waals surface area contributed by atoms with Gasteiger partial charge in [-0.2, -0.15) is 0 Å². The number of nitrogens with one attached hydrogen (secondary N) is 1. The maximum Gasteiger partial charge on any atom is 0.322 e. The molecular formula is C23H25N3O2. The first kappa shape index (κ1) is 19.4. The number of carbonyl (C=O) groups is 1. The summed E-state index contributed by atoms with van der Waals surface area (Å²) in [6.07, 6.45) is 3.32. The number of carbonyl (C=O) groups excluding carboxylic acids is 1. The van der Waals surface area contributed by atoms with E-state index in [1.54, 1.807) is 23.4 Å². The Balaban J connectivity index is 0.00000109. The summed E-state index contributed by atoms with van der Waals surface area (Å²) in [6.45, 7) is 5.15. The molecule has 1 aliphatic heterocycles.